The van der Waals surface area contributed by atoms with Gasteiger partial charge in [0.05, 0.1) is 13.5 Å². The van der Waals surface area contributed by atoms with E-state index in [1.807, 2.05) is 31.2 Å². The lowest BCUT2D eigenvalue weighted by Gasteiger charge is -2.38. The summed E-state index contributed by atoms with van der Waals surface area (Å²) in [5, 5.41) is 2.75. The maximum Gasteiger partial charge on any atom is 0.408 e. The average molecular weight is 419 g/mol. The molecule has 0 fully saturated rings. The summed E-state index contributed by atoms with van der Waals surface area (Å²) < 4.78 is 10.2. The minimum atomic E-state index is -0.704. The lowest BCUT2D eigenvalue weighted by molar-refractivity contribution is -0.145. The van der Waals surface area contributed by atoms with E-state index in [2.05, 4.69) is 5.32 Å². The number of fused-ring (bicyclic) bond motifs is 1. The molecule has 1 aromatic carbocycles. The van der Waals surface area contributed by atoms with Crippen LogP contribution in [-0.2, 0) is 32.0 Å². The zero-order chi connectivity index (χ0) is 22.3. The van der Waals surface area contributed by atoms with Gasteiger partial charge >= 0.3 is 12.1 Å². The van der Waals surface area contributed by atoms with Gasteiger partial charge in [-0.1, -0.05) is 44.0 Å². The molecule has 2 amide bonds. The topological polar surface area (TPSA) is 84.9 Å². The number of hydrogen-bond donors (Lipinski definition) is 1. The van der Waals surface area contributed by atoms with Crippen LogP contribution in [0.2, 0.25) is 0 Å². The third kappa shape index (κ3) is 6.75. The molecule has 2 atom stereocenters. The normalized spacial score (nSPS) is 17.0. The van der Waals surface area contributed by atoms with Gasteiger partial charge in [-0.05, 0) is 44.7 Å². The van der Waals surface area contributed by atoms with Gasteiger partial charge in [-0.2, -0.15) is 0 Å². The summed E-state index contributed by atoms with van der Waals surface area (Å²) in [5.74, 6) is -0.555. The largest absolute Gasteiger partial charge is 0.469 e. The molecular weight excluding hydrogens is 384 g/mol. The first-order valence-corrected chi connectivity index (χ1v) is 10.6. The smallest absolute Gasteiger partial charge is 0.408 e. The standard InChI is InChI=1S/C23H34N2O5/c1-6-7-12-19(24-22(28)30-23(2,3)4)21(27)25-15-17-11-9-8-10-16(17)13-18(25)14-20(26)29-5/h8-11,18-19H,6-7,12-15H2,1-5H3,(H,24,28)/t18-,19+/m1/s1. The molecule has 0 spiro atoms. The summed E-state index contributed by atoms with van der Waals surface area (Å²) in [7, 11) is 1.35. The molecule has 0 saturated carbocycles. The second-order valence-corrected chi connectivity index (χ2v) is 8.71. The van der Waals surface area contributed by atoms with Gasteiger partial charge in [0, 0.05) is 12.6 Å². The van der Waals surface area contributed by atoms with Crippen LogP contribution < -0.4 is 5.32 Å². The van der Waals surface area contributed by atoms with E-state index in [-0.39, 0.29) is 24.3 Å². The first-order valence-electron chi connectivity index (χ1n) is 10.6. The van der Waals surface area contributed by atoms with Crippen molar-refractivity contribution in [3.63, 3.8) is 0 Å². The molecule has 0 bridgehead atoms. The van der Waals surface area contributed by atoms with Crippen molar-refractivity contribution in [2.24, 2.45) is 0 Å². The second kappa shape index (κ2) is 10.5. The Hall–Kier alpha value is -2.57. The molecule has 0 aliphatic carbocycles. The van der Waals surface area contributed by atoms with Gasteiger partial charge in [0.2, 0.25) is 5.91 Å². The van der Waals surface area contributed by atoms with Crippen LogP contribution >= 0.6 is 0 Å². The number of hydrogen-bond acceptors (Lipinski definition) is 5. The lowest BCUT2D eigenvalue weighted by Crippen LogP contribution is -2.54. The molecule has 1 aromatic rings. The average Bonchev–Trinajstić information content (AvgIpc) is 2.68. The number of ether oxygens (including phenoxy) is 2. The number of benzene rings is 1. The fraction of sp³-hybridized carbons (Fsp3) is 0.609. The minimum absolute atomic E-state index is 0.115. The molecule has 1 N–H and O–H groups in total. The molecule has 0 aromatic heterocycles. The maximum atomic E-state index is 13.5. The number of nitrogens with zero attached hydrogens (tertiary/aromatic N) is 1. The Kier molecular flexibility index (Phi) is 8.26. The summed E-state index contributed by atoms with van der Waals surface area (Å²) in [5.41, 5.74) is 1.53. The van der Waals surface area contributed by atoms with Gasteiger partial charge in [-0.25, -0.2) is 4.79 Å². The van der Waals surface area contributed by atoms with Crippen LogP contribution in [0.25, 0.3) is 0 Å². The highest BCUT2D eigenvalue weighted by Crippen LogP contribution is 2.26. The van der Waals surface area contributed by atoms with E-state index in [0.29, 0.717) is 19.4 Å². The summed E-state index contributed by atoms with van der Waals surface area (Å²) in [6.45, 7) is 7.78. The number of carbonyl (C=O) groups excluding carboxylic acids is 3. The number of rotatable bonds is 7. The molecule has 7 heteroatoms. The number of unbranched alkanes of at least 4 members (excludes halogenated alkanes) is 1. The van der Waals surface area contributed by atoms with Crippen molar-refractivity contribution in [2.45, 2.75) is 84.0 Å². The van der Waals surface area contributed by atoms with E-state index in [0.717, 1.165) is 24.0 Å². The van der Waals surface area contributed by atoms with Crippen molar-refractivity contribution in [3.05, 3.63) is 35.4 Å². The number of amides is 2. The number of carbonyl (C=O) groups is 3. The van der Waals surface area contributed by atoms with Crippen molar-refractivity contribution in [3.8, 4) is 0 Å². The van der Waals surface area contributed by atoms with E-state index in [4.69, 9.17) is 9.47 Å². The quantitative estimate of drug-likeness (QED) is 0.684. The van der Waals surface area contributed by atoms with Crippen molar-refractivity contribution in [1.29, 1.82) is 0 Å². The predicted molar refractivity (Wildman–Crippen MR) is 114 cm³/mol. The third-order valence-electron chi connectivity index (χ3n) is 5.10. The molecular formula is C23H34N2O5. The summed E-state index contributed by atoms with van der Waals surface area (Å²) in [4.78, 5) is 39.5. The van der Waals surface area contributed by atoms with Gasteiger partial charge in [0.15, 0.2) is 0 Å². The molecule has 1 aliphatic heterocycles. The Balaban J connectivity index is 2.25. The fourth-order valence-electron chi connectivity index (χ4n) is 3.62. The van der Waals surface area contributed by atoms with Crippen molar-refractivity contribution < 1.29 is 23.9 Å². The van der Waals surface area contributed by atoms with Crippen molar-refractivity contribution in [1.82, 2.24) is 10.2 Å². The van der Waals surface area contributed by atoms with Gasteiger partial charge in [-0.3, -0.25) is 9.59 Å². The summed E-state index contributed by atoms with van der Waals surface area (Å²) in [6.07, 6.45) is 2.27. The Bertz CT molecular complexity index is 756. The van der Waals surface area contributed by atoms with E-state index in [9.17, 15) is 14.4 Å². The zero-order valence-electron chi connectivity index (χ0n) is 18.7. The van der Waals surface area contributed by atoms with Crippen LogP contribution in [0.4, 0.5) is 4.79 Å². The highest BCUT2D eigenvalue weighted by molar-refractivity contribution is 5.86. The molecule has 7 nitrogen and oxygen atoms in total. The maximum absolute atomic E-state index is 13.5. The van der Waals surface area contributed by atoms with E-state index in [1.165, 1.54) is 7.11 Å². The highest BCUT2D eigenvalue weighted by atomic mass is 16.6. The third-order valence-corrected chi connectivity index (χ3v) is 5.10. The van der Waals surface area contributed by atoms with Crippen LogP contribution in [-0.4, -0.2) is 47.7 Å². The second-order valence-electron chi connectivity index (χ2n) is 8.71. The Labute approximate surface area is 179 Å². The van der Waals surface area contributed by atoms with E-state index >= 15 is 0 Å². The van der Waals surface area contributed by atoms with Crippen LogP contribution in [0, 0.1) is 0 Å². The van der Waals surface area contributed by atoms with Gasteiger partial charge < -0.3 is 19.7 Å². The Morgan fingerprint density at radius 2 is 1.87 bits per heavy atom. The predicted octanol–water partition coefficient (Wildman–Crippen LogP) is 3.59. The molecule has 0 unspecified atom stereocenters. The van der Waals surface area contributed by atoms with Gasteiger partial charge in [-0.15, -0.1) is 0 Å². The zero-order valence-corrected chi connectivity index (χ0v) is 18.7. The van der Waals surface area contributed by atoms with Crippen molar-refractivity contribution >= 4 is 18.0 Å². The van der Waals surface area contributed by atoms with E-state index in [1.54, 1.807) is 25.7 Å². The van der Waals surface area contributed by atoms with Crippen molar-refractivity contribution in [2.75, 3.05) is 7.11 Å². The Morgan fingerprint density at radius 3 is 2.47 bits per heavy atom. The number of methoxy groups -OCH3 is 1. The van der Waals surface area contributed by atoms with Crippen LogP contribution in [0.5, 0.6) is 0 Å². The molecule has 1 heterocycles. The number of nitrogens with one attached hydrogen (secondary N) is 1. The van der Waals surface area contributed by atoms with Crippen LogP contribution in [0.15, 0.2) is 24.3 Å². The van der Waals surface area contributed by atoms with Crippen LogP contribution in [0.3, 0.4) is 0 Å². The molecule has 1 aliphatic rings. The summed E-state index contributed by atoms with van der Waals surface area (Å²) in [6, 6.07) is 6.89. The fourth-order valence-corrected chi connectivity index (χ4v) is 3.62. The highest BCUT2D eigenvalue weighted by Gasteiger charge is 2.35. The molecule has 2 rings (SSSR count). The molecule has 30 heavy (non-hydrogen) atoms. The Morgan fingerprint density at radius 1 is 1.20 bits per heavy atom. The monoisotopic (exact) mass is 418 g/mol. The molecule has 166 valence electrons. The minimum Gasteiger partial charge on any atom is -0.469 e. The molecule has 0 radical (unpaired) electrons. The molecule has 0 saturated heterocycles. The van der Waals surface area contributed by atoms with Crippen LogP contribution in [0.1, 0.15) is 64.5 Å². The van der Waals surface area contributed by atoms with Gasteiger partial charge in [0.1, 0.15) is 11.6 Å². The van der Waals surface area contributed by atoms with Gasteiger partial charge in [0.25, 0.3) is 0 Å². The lowest BCUT2D eigenvalue weighted by atomic mass is 9.91. The number of alkyl carbamates (subject to hydrolysis) is 1. The number of esters is 1. The first kappa shape index (κ1) is 23.7. The van der Waals surface area contributed by atoms with E-state index < -0.39 is 17.7 Å². The first-order chi connectivity index (χ1) is 14.1. The SMILES string of the molecule is CCCC[C@H](NC(=O)OC(C)(C)C)C(=O)N1Cc2ccccc2C[C@@H]1CC(=O)OC. The summed E-state index contributed by atoms with van der Waals surface area (Å²) >= 11 is 0.